The number of carbonyl (C=O) groups is 1. The highest BCUT2D eigenvalue weighted by Gasteiger charge is 2.25. The molecular weight excluding hydrogens is 265 g/mol. The fourth-order valence-electron chi connectivity index (χ4n) is 1.92. The first kappa shape index (κ1) is 16.0. The highest BCUT2D eigenvalue weighted by molar-refractivity contribution is 6.18. The van der Waals surface area contributed by atoms with Gasteiger partial charge in [-0.3, -0.25) is 4.79 Å². The fourth-order valence-corrected chi connectivity index (χ4v) is 2.39. The maximum absolute atomic E-state index is 13.0. The first-order valence-electron chi connectivity index (χ1n) is 6.62. The molecule has 0 spiro atoms. The molecule has 1 N–H and O–H groups in total. The van der Waals surface area contributed by atoms with E-state index in [4.69, 9.17) is 11.6 Å². The zero-order chi connectivity index (χ0) is 14.3. The molecule has 0 saturated heterocycles. The third-order valence-electron chi connectivity index (χ3n) is 3.70. The van der Waals surface area contributed by atoms with Gasteiger partial charge in [0.05, 0.1) is 6.42 Å². The molecule has 0 aliphatic rings. The second kappa shape index (κ2) is 7.49. The number of hydrogen-bond donors (Lipinski definition) is 1. The molecule has 0 aliphatic carbocycles. The Morgan fingerprint density at radius 3 is 2.58 bits per heavy atom. The highest BCUT2D eigenvalue weighted by atomic mass is 35.5. The van der Waals surface area contributed by atoms with E-state index in [1.54, 1.807) is 12.1 Å². The van der Waals surface area contributed by atoms with Crippen LogP contribution in [0.2, 0.25) is 0 Å². The molecule has 2 nitrogen and oxygen atoms in total. The lowest BCUT2D eigenvalue weighted by Gasteiger charge is -2.29. The van der Waals surface area contributed by atoms with Crippen LogP contribution in [-0.4, -0.2) is 18.3 Å². The predicted octanol–water partition coefficient (Wildman–Crippen LogP) is 3.53. The molecule has 1 aromatic rings. The number of nitrogens with one attached hydrogen (secondary N) is 1. The van der Waals surface area contributed by atoms with E-state index in [1.165, 1.54) is 12.1 Å². The number of benzene rings is 1. The van der Waals surface area contributed by atoms with Gasteiger partial charge in [-0.25, -0.2) is 4.39 Å². The van der Waals surface area contributed by atoms with Gasteiger partial charge in [-0.2, -0.15) is 0 Å². The average Bonchev–Trinajstić information content (AvgIpc) is 2.41. The summed E-state index contributed by atoms with van der Waals surface area (Å²) in [6, 6.07) is 6.11. The van der Waals surface area contributed by atoms with Crippen LogP contribution in [-0.2, 0) is 11.2 Å². The Balaban J connectivity index is 2.52. The summed E-state index contributed by atoms with van der Waals surface area (Å²) >= 11 is 5.99. The van der Waals surface area contributed by atoms with Gasteiger partial charge in [0.15, 0.2) is 0 Å². The van der Waals surface area contributed by atoms with E-state index in [-0.39, 0.29) is 23.6 Å². The maximum Gasteiger partial charge on any atom is 0.224 e. The zero-order valence-electron chi connectivity index (χ0n) is 11.5. The van der Waals surface area contributed by atoms with Crippen molar-refractivity contribution in [1.82, 2.24) is 5.32 Å². The molecule has 1 amide bonds. The Hall–Kier alpha value is -1.09. The zero-order valence-corrected chi connectivity index (χ0v) is 12.3. The molecule has 0 saturated carbocycles. The third-order valence-corrected chi connectivity index (χ3v) is 4.26. The van der Waals surface area contributed by atoms with E-state index < -0.39 is 0 Å². The van der Waals surface area contributed by atoms with Crippen LogP contribution in [0.1, 0.15) is 32.3 Å². The number of rotatable bonds is 7. The van der Waals surface area contributed by atoms with Crippen molar-refractivity contribution in [3.05, 3.63) is 35.6 Å². The average molecular weight is 286 g/mol. The first-order chi connectivity index (χ1) is 9.05. The quantitative estimate of drug-likeness (QED) is 0.763. The maximum atomic E-state index is 13.0. The number of hydrogen-bond acceptors (Lipinski definition) is 1. The number of carbonyl (C=O) groups excluding carboxylic acids is 1. The van der Waals surface area contributed by atoms with Crippen molar-refractivity contribution in [2.45, 2.75) is 33.1 Å². The van der Waals surface area contributed by atoms with Crippen molar-refractivity contribution < 1.29 is 9.18 Å². The predicted molar refractivity (Wildman–Crippen MR) is 76.8 cm³/mol. The minimum Gasteiger partial charge on any atom is -0.355 e. The Morgan fingerprint density at radius 2 is 2.05 bits per heavy atom. The number of alkyl halides is 1. The van der Waals surface area contributed by atoms with Gasteiger partial charge in [0.2, 0.25) is 5.91 Å². The molecule has 0 atom stereocenters. The summed E-state index contributed by atoms with van der Waals surface area (Å²) in [5.74, 6) is 0.116. The molecule has 1 rings (SSSR count). The van der Waals surface area contributed by atoms with Crippen LogP contribution in [0.5, 0.6) is 0 Å². The Labute approximate surface area is 119 Å². The standard InChI is InChI=1S/C15H21ClFNO/c1-3-15(4-2,10-16)11-18-14(19)9-12-6-5-7-13(17)8-12/h5-8H,3-4,9-11H2,1-2H3,(H,18,19). The van der Waals surface area contributed by atoms with Gasteiger partial charge in [-0.05, 0) is 30.5 Å². The first-order valence-corrected chi connectivity index (χ1v) is 7.16. The molecule has 0 radical (unpaired) electrons. The second-order valence-electron chi connectivity index (χ2n) is 4.92. The molecular formula is C15H21ClFNO. The third kappa shape index (κ3) is 4.83. The molecule has 0 fully saturated rings. The molecule has 1 aromatic carbocycles. The summed E-state index contributed by atoms with van der Waals surface area (Å²) in [6.45, 7) is 4.72. The number of halogens is 2. The van der Waals surface area contributed by atoms with Crippen LogP contribution in [0.3, 0.4) is 0 Å². The van der Waals surface area contributed by atoms with Gasteiger partial charge in [-0.15, -0.1) is 11.6 Å². The molecule has 4 heteroatoms. The monoisotopic (exact) mass is 285 g/mol. The van der Waals surface area contributed by atoms with Crippen molar-refractivity contribution in [2.24, 2.45) is 5.41 Å². The van der Waals surface area contributed by atoms with Gasteiger partial charge in [0.25, 0.3) is 0 Å². The molecule has 0 aliphatic heterocycles. The Bertz CT molecular complexity index is 410. The number of amides is 1. The van der Waals surface area contributed by atoms with E-state index in [0.29, 0.717) is 18.0 Å². The van der Waals surface area contributed by atoms with Crippen LogP contribution in [0.4, 0.5) is 4.39 Å². The molecule has 19 heavy (non-hydrogen) atoms. The minimum atomic E-state index is -0.317. The Morgan fingerprint density at radius 1 is 1.37 bits per heavy atom. The van der Waals surface area contributed by atoms with Gasteiger partial charge in [0, 0.05) is 17.8 Å². The SMILES string of the molecule is CCC(CC)(CCl)CNC(=O)Cc1cccc(F)c1. The van der Waals surface area contributed by atoms with E-state index in [1.807, 2.05) is 0 Å². The van der Waals surface area contributed by atoms with E-state index in [0.717, 1.165) is 12.8 Å². The van der Waals surface area contributed by atoms with Gasteiger partial charge >= 0.3 is 0 Å². The summed E-state index contributed by atoms with van der Waals surface area (Å²) in [6.07, 6.45) is 2.05. The van der Waals surface area contributed by atoms with Crippen molar-refractivity contribution in [3.63, 3.8) is 0 Å². The summed E-state index contributed by atoms with van der Waals surface area (Å²) in [4.78, 5) is 11.8. The van der Waals surface area contributed by atoms with Crippen molar-refractivity contribution in [1.29, 1.82) is 0 Å². The van der Waals surface area contributed by atoms with Crippen LogP contribution in [0.25, 0.3) is 0 Å². The lowest BCUT2D eigenvalue weighted by molar-refractivity contribution is -0.120. The molecule has 0 heterocycles. The van der Waals surface area contributed by atoms with E-state index in [9.17, 15) is 9.18 Å². The van der Waals surface area contributed by atoms with Crippen molar-refractivity contribution in [2.75, 3.05) is 12.4 Å². The van der Waals surface area contributed by atoms with Crippen LogP contribution in [0, 0.1) is 11.2 Å². The topological polar surface area (TPSA) is 29.1 Å². The fraction of sp³-hybridized carbons (Fsp3) is 0.533. The van der Waals surface area contributed by atoms with E-state index in [2.05, 4.69) is 19.2 Å². The summed E-state index contributed by atoms with van der Waals surface area (Å²) in [5, 5.41) is 2.90. The Kier molecular flexibility index (Phi) is 6.29. The lowest BCUT2D eigenvalue weighted by Crippen LogP contribution is -2.38. The largest absolute Gasteiger partial charge is 0.355 e. The minimum absolute atomic E-state index is 0.0425. The van der Waals surface area contributed by atoms with Gasteiger partial charge in [0.1, 0.15) is 5.82 Å². The summed E-state index contributed by atoms with van der Waals surface area (Å²) < 4.78 is 13.0. The molecule has 106 valence electrons. The highest BCUT2D eigenvalue weighted by Crippen LogP contribution is 2.26. The van der Waals surface area contributed by atoms with Crippen LogP contribution >= 0.6 is 11.6 Å². The summed E-state index contributed by atoms with van der Waals surface area (Å²) in [5.41, 5.74) is 0.640. The summed E-state index contributed by atoms with van der Waals surface area (Å²) in [7, 11) is 0. The van der Waals surface area contributed by atoms with Crippen molar-refractivity contribution in [3.8, 4) is 0 Å². The molecule has 0 aromatic heterocycles. The second-order valence-corrected chi connectivity index (χ2v) is 5.19. The molecule has 0 unspecified atom stereocenters. The smallest absolute Gasteiger partial charge is 0.224 e. The van der Waals surface area contributed by atoms with Crippen molar-refractivity contribution >= 4 is 17.5 Å². The normalized spacial score (nSPS) is 11.4. The van der Waals surface area contributed by atoms with Gasteiger partial charge < -0.3 is 5.32 Å². The van der Waals surface area contributed by atoms with Crippen LogP contribution < -0.4 is 5.32 Å². The lowest BCUT2D eigenvalue weighted by atomic mass is 9.84. The van der Waals surface area contributed by atoms with Gasteiger partial charge in [-0.1, -0.05) is 26.0 Å². The van der Waals surface area contributed by atoms with Crippen LogP contribution in [0.15, 0.2) is 24.3 Å². The van der Waals surface area contributed by atoms with E-state index >= 15 is 0 Å². The molecule has 0 bridgehead atoms.